The minimum absolute atomic E-state index is 0.0320. The summed E-state index contributed by atoms with van der Waals surface area (Å²) in [6, 6.07) is 8.39. The van der Waals surface area contributed by atoms with Gasteiger partial charge in [0, 0.05) is 27.4 Å². The molecule has 0 spiro atoms. The van der Waals surface area contributed by atoms with Crippen LogP contribution in [0.15, 0.2) is 47.5 Å². The third kappa shape index (κ3) is 6.67. The third-order valence-corrected chi connectivity index (χ3v) is 8.06. The number of carbonyl (C=O) groups is 1. The number of fused-ring (bicyclic) bond motifs is 1. The van der Waals surface area contributed by atoms with Gasteiger partial charge in [0.05, 0.1) is 25.0 Å². The van der Waals surface area contributed by atoms with Crippen LogP contribution in [0.1, 0.15) is 33.2 Å². The van der Waals surface area contributed by atoms with Gasteiger partial charge in [0.1, 0.15) is 18.9 Å². The number of aromatic nitrogens is 4. The zero-order valence-electron chi connectivity index (χ0n) is 22.6. The number of carbonyl (C=O) groups excluding carboxylic acids is 1. The van der Waals surface area contributed by atoms with Crippen LogP contribution in [0.5, 0.6) is 6.01 Å². The Morgan fingerprint density at radius 3 is 2.62 bits per heavy atom. The average molecular weight is 578 g/mol. The fourth-order valence-electron chi connectivity index (χ4n) is 4.27. The first kappa shape index (κ1) is 29.2. The highest BCUT2D eigenvalue weighted by atomic mass is 28.3. The number of halogens is 3. The third-order valence-electron chi connectivity index (χ3n) is 6.36. The van der Waals surface area contributed by atoms with Gasteiger partial charge >= 0.3 is 18.2 Å². The molecule has 0 fully saturated rings. The summed E-state index contributed by atoms with van der Waals surface area (Å²) in [5.74, 6) is -0.689. The number of ether oxygens (including phenoxy) is 3. The Morgan fingerprint density at radius 2 is 1.93 bits per heavy atom. The smallest absolute Gasteiger partial charge is 0.423 e. The molecule has 1 atom stereocenters. The van der Waals surface area contributed by atoms with Gasteiger partial charge in [-0.05, 0) is 23.2 Å². The number of hydrogen-bond acceptors (Lipinski definition) is 9. The molecule has 14 heteroatoms. The van der Waals surface area contributed by atoms with E-state index in [1.807, 2.05) is 0 Å². The number of methoxy groups -OCH3 is 1. The van der Waals surface area contributed by atoms with E-state index < -0.39 is 37.4 Å². The van der Waals surface area contributed by atoms with Crippen LogP contribution >= 0.6 is 0 Å². The Balaban J connectivity index is 1.64. The monoisotopic (exact) mass is 577 g/mol. The lowest BCUT2D eigenvalue weighted by Gasteiger charge is -2.29. The lowest BCUT2D eigenvalue weighted by atomic mass is 10.1. The summed E-state index contributed by atoms with van der Waals surface area (Å²) in [5.41, 5.74) is -1.54. The van der Waals surface area contributed by atoms with E-state index in [1.165, 1.54) is 24.3 Å². The van der Waals surface area contributed by atoms with Crippen LogP contribution in [0.4, 0.5) is 18.9 Å². The molecule has 0 saturated carbocycles. The van der Waals surface area contributed by atoms with Crippen LogP contribution in [-0.4, -0.2) is 54.1 Å². The van der Waals surface area contributed by atoms with Crippen molar-refractivity contribution in [2.24, 2.45) is 0 Å². The predicted molar refractivity (Wildman–Crippen MR) is 142 cm³/mol. The molecule has 0 saturated heterocycles. The van der Waals surface area contributed by atoms with Gasteiger partial charge in [-0.3, -0.25) is 4.79 Å². The Kier molecular flexibility index (Phi) is 8.59. The molecule has 0 N–H and O–H groups in total. The molecule has 1 aromatic carbocycles. The number of nitrogens with zero attached hydrogens (tertiary/aromatic N) is 5. The van der Waals surface area contributed by atoms with E-state index in [1.54, 1.807) is 24.3 Å². The Bertz CT molecular complexity index is 1430. The van der Waals surface area contributed by atoms with Crippen molar-refractivity contribution in [1.82, 2.24) is 19.7 Å². The first-order valence-electron chi connectivity index (χ1n) is 12.5. The summed E-state index contributed by atoms with van der Waals surface area (Å²) in [6.07, 6.45) is -2.60. The molecule has 4 rings (SSSR count). The van der Waals surface area contributed by atoms with E-state index in [0.29, 0.717) is 11.3 Å². The van der Waals surface area contributed by atoms with Gasteiger partial charge < -0.3 is 19.1 Å². The molecule has 0 bridgehead atoms. The zero-order valence-corrected chi connectivity index (χ0v) is 23.6. The molecule has 0 amide bonds. The van der Waals surface area contributed by atoms with Crippen molar-refractivity contribution in [3.8, 4) is 6.01 Å². The Hall–Kier alpha value is -3.78. The summed E-state index contributed by atoms with van der Waals surface area (Å²) in [6.45, 7) is 6.31. The van der Waals surface area contributed by atoms with E-state index in [-0.39, 0.29) is 37.3 Å². The highest BCUT2D eigenvalue weighted by Crippen LogP contribution is 2.42. The summed E-state index contributed by atoms with van der Waals surface area (Å²) in [5, 5.41) is 4.02. The van der Waals surface area contributed by atoms with E-state index in [0.717, 1.165) is 23.4 Å². The standard InChI is InChI=1S/C26H30F3N5O5Si/c1-37-24(36)19-9-10-30-25(32-19)39-15-21-18-8-6-5-7-17(18)14-33(21)20-13-31-34(16-38-11-12-40(2,3)4)23(35)22(20)26(27,28)29/h5-10,13,21H,11-12,14-16H2,1-4H3. The van der Waals surface area contributed by atoms with Crippen molar-refractivity contribution >= 4 is 19.7 Å². The molecule has 10 nitrogen and oxygen atoms in total. The second-order valence-electron chi connectivity index (χ2n) is 10.4. The van der Waals surface area contributed by atoms with Gasteiger partial charge in [0.15, 0.2) is 5.69 Å². The van der Waals surface area contributed by atoms with Crippen molar-refractivity contribution in [2.75, 3.05) is 25.2 Å². The molecule has 0 aliphatic carbocycles. The van der Waals surface area contributed by atoms with Crippen LogP contribution in [-0.2, 0) is 28.9 Å². The van der Waals surface area contributed by atoms with Crippen molar-refractivity contribution in [2.45, 2.75) is 51.2 Å². The molecule has 3 aromatic rings. The van der Waals surface area contributed by atoms with E-state index in [4.69, 9.17) is 9.47 Å². The quantitative estimate of drug-likeness (QED) is 0.198. The fraction of sp³-hybridized carbons (Fsp3) is 0.423. The summed E-state index contributed by atoms with van der Waals surface area (Å²) < 4.78 is 59.6. The number of hydrogen-bond donors (Lipinski definition) is 0. The van der Waals surface area contributed by atoms with Crippen LogP contribution < -0.4 is 15.2 Å². The molecular formula is C26H30F3N5O5Si. The molecule has 2 aromatic heterocycles. The largest absolute Gasteiger partial charge is 0.464 e. The molecule has 40 heavy (non-hydrogen) atoms. The molecule has 1 aliphatic heterocycles. The maximum atomic E-state index is 14.3. The van der Waals surface area contributed by atoms with Gasteiger partial charge in [-0.1, -0.05) is 43.9 Å². The highest BCUT2D eigenvalue weighted by Gasteiger charge is 2.42. The summed E-state index contributed by atoms with van der Waals surface area (Å²) in [7, 11) is -0.216. The van der Waals surface area contributed by atoms with Crippen molar-refractivity contribution < 1.29 is 32.2 Å². The van der Waals surface area contributed by atoms with E-state index in [9.17, 15) is 22.8 Å². The lowest BCUT2D eigenvalue weighted by molar-refractivity contribution is -0.138. The maximum absolute atomic E-state index is 14.3. The van der Waals surface area contributed by atoms with E-state index in [2.05, 4.69) is 39.4 Å². The van der Waals surface area contributed by atoms with Crippen LogP contribution in [0.25, 0.3) is 0 Å². The van der Waals surface area contributed by atoms with Crippen molar-refractivity contribution in [1.29, 1.82) is 0 Å². The molecule has 3 heterocycles. The minimum atomic E-state index is -4.95. The number of alkyl halides is 3. The first-order chi connectivity index (χ1) is 18.9. The molecule has 0 radical (unpaired) electrons. The second kappa shape index (κ2) is 11.8. The predicted octanol–water partition coefficient (Wildman–Crippen LogP) is 4.29. The lowest BCUT2D eigenvalue weighted by Crippen LogP contribution is -2.36. The van der Waals surface area contributed by atoms with Crippen LogP contribution in [0, 0.1) is 0 Å². The maximum Gasteiger partial charge on any atom is 0.423 e. The van der Waals surface area contributed by atoms with Crippen LogP contribution in [0.3, 0.4) is 0 Å². The fourth-order valence-corrected chi connectivity index (χ4v) is 5.02. The van der Waals surface area contributed by atoms with Gasteiger partial charge in [0.2, 0.25) is 0 Å². The van der Waals surface area contributed by atoms with Crippen molar-refractivity contribution in [3.63, 3.8) is 0 Å². The Labute approximate surface area is 229 Å². The number of benzene rings is 1. The van der Waals surface area contributed by atoms with Gasteiger partial charge in [-0.15, -0.1) is 0 Å². The Morgan fingerprint density at radius 1 is 1.18 bits per heavy atom. The van der Waals surface area contributed by atoms with Crippen molar-refractivity contribution in [3.05, 3.63) is 75.5 Å². The van der Waals surface area contributed by atoms with Gasteiger partial charge in [0.25, 0.3) is 5.56 Å². The molecule has 1 unspecified atom stereocenters. The first-order valence-corrected chi connectivity index (χ1v) is 16.2. The average Bonchev–Trinajstić information content (AvgIpc) is 3.27. The molecule has 214 valence electrons. The second-order valence-corrected chi connectivity index (χ2v) is 16.0. The highest BCUT2D eigenvalue weighted by molar-refractivity contribution is 6.76. The minimum Gasteiger partial charge on any atom is -0.464 e. The van der Waals surface area contributed by atoms with Crippen LogP contribution in [0.2, 0.25) is 25.7 Å². The topological polar surface area (TPSA) is 109 Å². The summed E-state index contributed by atoms with van der Waals surface area (Å²) >= 11 is 0. The zero-order chi connectivity index (χ0) is 29.1. The SMILES string of the molecule is COC(=O)c1ccnc(OCC2c3ccccc3CN2c2cnn(COCC[Si](C)(C)C)c(=O)c2C(F)(F)F)n1. The van der Waals surface area contributed by atoms with Gasteiger partial charge in [-0.25, -0.2) is 14.5 Å². The van der Waals surface area contributed by atoms with E-state index >= 15 is 0 Å². The number of esters is 1. The molecular weight excluding hydrogens is 547 g/mol. The normalized spacial score (nSPS) is 15.2. The van der Waals surface area contributed by atoms with Gasteiger partial charge in [-0.2, -0.15) is 23.3 Å². The molecule has 1 aliphatic rings. The summed E-state index contributed by atoms with van der Waals surface area (Å²) in [4.78, 5) is 34.3. The number of rotatable bonds is 10. The number of anilines is 1.